The van der Waals surface area contributed by atoms with E-state index >= 15 is 0 Å². The van der Waals surface area contributed by atoms with Gasteiger partial charge in [0, 0.05) is 28.9 Å². The highest BCUT2D eigenvalue weighted by atomic mass is 32.2. The van der Waals surface area contributed by atoms with Crippen LogP contribution in [0.1, 0.15) is 40.0 Å². The third kappa shape index (κ3) is 10.2. The molecule has 0 amide bonds. The fourth-order valence-electron chi connectivity index (χ4n) is 1.31. The van der Waals surface area contributed by atoms with Crippen molar-refractivity contribution in [2.45, 2.75) is 46.1 Å². The molecule has 14 heavy (non-hydrogen) atoms. The standard InChI is InChI=1S/C11H25NOS/c1-10(2)6-7-11(3)12-8-5-9-14(4)13/h10-12H,5-9H2,1-4H3. The Labute approximate surface area is 91.3 Å². The minimum absolute atomic E-state index is 0.600. The quantitative estimate of drug-likeness (QED) is 0.634. The van der Waals surface area contributed by atoms with E-state index in [1.165, 1.54) is 12.8 Å². The topological polar surface area (TPSA) is 29.1 Å². The van der Waals surface area contributed by atoms with Gasteiger partial charge < -0.3 is 5.32 Å². The van der Waals surface area contributed by atoms with Crippen molar-refractivity contribution in [1.82, 2.24) is 5.32 Å². The Morgan fingerprint density at radius 3 is 2.36 bits per heavy atom. The molecule has 0 heterocycles. The molecule has 0 aromatic carbocycles. The normalized spacial score (nSPS) is 15.8. The highest BCUT2D eigenvalue weighted by molar-refractivity contribution is 7.84. The van der Waals surface area contributed by atoms with Gasteiger partial charge >= 0.3 is 0 Å². The van der Waals surface area contributed by atoms with Gasteiger partial charge in [-0.15, -0.1) is 0 Å². The first kappa shape index (κ1) is 14.1. The lowest BCUT2D eigenvalue weighted by atomic mass is 10.0. The minimum Gasteiger partial charge on any atom is -0.314 e. The lowest BCUT2D eigenvalue weighted by molar-refractivity contribution is 0.452. The summed E-state index contributed by atoms with van der Waals surface area (Å²) in [6.07, 6.45) is 5.32. The van der Waals surface area contributed by atoms with Crippen LogP contribution in [0.25, 0.3) is 0 Å². The molecule has 86 valence electrons. The molecule has 0 aliphatic heterocycles. The van der Waals surface area contributed by atoms with Gasteiger partial charge in [-0.05, 0) is 38.6 Å². The highest BCUT2D eigenvalue weighted by Gasteiger charge is 2.02. The Balaban J connectivity index is 3.26. The molecule has 0 aliphatic rings. The van der Waals surface area contributed by atoms with Crippen LogP contribution in [-0.4, -0.2) is 28.8 Å². The second kappa shape index (κ2) is 8.42. The van der Waals surface area contributed by atoms with Crippen molar-refractivity contribution < 1.29 is 4.21 Å². The minimum atomic E-state index is -0.631. The molecule has 0 fully saturated rings. The molecule has 0 bridgehead atoms. The largest absolute Gasteiger partial charge is 0.314 e. The first-order valence-corrected chi connectivity index (χ1v) is 7.28. The average molecular weight is 219 g/mol. The van der Waals surface area contributed by atoms with Crippen LogP contribution in [0.5, 0.6) is 0 Å². The van der Waals surface area contributed by atoms with Gasteiger partial charge in [0.05, 0.1) is 0 Å². The SMILES string of the molecule is CC(C)CCC(C)NCCCS(C)=O. The van der Waals surface area contributed by atoms with E-state index in [9.17, 15) is 4.21 Å². The zero-order valence-electron chi connectivity index (χ0n) is 10.0. The van der Waals surface area contributed by atoms with Gasteiger partial charge in [0.25, 0.3) is 0 Å². The van der Waals surface area contributed by atoms with Crippen molar-refractivity contribution in [3.63, 3.8) is 0 Å². The summed E-state index contributed by atoms with van der Waals surface area (Å²) in [6.45, 7) is 7.74. The van der Waals surface area contributed by atoms with E-state index in [4.69, 9.17) is 0 Å². The predicted molar refractivity (Wildman–Crippen MR) is 65.1 cm³/mol. The van der Waals surface area contributed by atoms with Crippen LogP contribution >= 0.6 is 0 Å². The molecule has 0 spiro atoms. The zero-order valence-corrected chi connectivity index (χ0v) is 10.8. The molecule has 1 N–H and O–H groups in total. The van der Waals surface area contributed by atoms with Gasteiger partial charge in [0.2, 0.25) is 0 Å². The van der Waals surface area contributed by atoms with Gasteiger partial charge in [-0.1, -0.05) is 13.8 Å². The maximum Gasteiger partial charge on any atom is 0.0244 e. The van der Waals surface area contributed by atoms with Crippen molar-refractivity contribution in [3.05, 3.63) is 0 Å². The molecule has 2 unspecified atom stereocenters. The number of hydrogen-bond acceptors (Lipinski definition) is 2. The van der Waals surface area contributed by atoms with Crippen molar-refractivity contribution in [3.8, 4) is 0 Å². The molecule has 2 nitrogen and oxygen atoms in total. The first-order chi connectivity index (χ1) is 6.52. The molecule has 2 atom stereocenters. The van der Waals surface area contributed by atoms with E-state index in [0.29, 0.717) is 6.04 Å². The summed E-state index contributed by atoms with van der Waals surface area (Å²) < 4.78 is 10.8. The number of nitrogens with one attached hydrogen (secondary N) is 1. The molecular weight excluding hydrogens is 194 g/mol. The van der Waals surface area contributed by atoms with Crippen molar-refractivity contribution in [2.75, 3.05) is 18.6 Å². The van der Waals surface area contributed by atoms with Crippen LogP contribution in [0.3, 0.4) is 0 Å². The van der Waals surface area contributed by atoms with Crippen molar-refractivity contribution in [1.29, 1.82) is 0 Å². The molecule has 3 heteroatoms. The second-order valence-electron chi connectivity index (χ2n) is 4.46. The molecule has 0 saturated heterocycles. The highest BCUT2D eigenvalue weighted by Crippen LogP contribution is 2.06. The van der Waals surface area contributed by atoms with Crippen LogP contribution in [0.2, 0.25) is 0 Å². The molecule has 0 aromatic rings. The fraction of sp³-hybridized carbons (Fsp3) is 1.00. The Morgan fingerprint density at radius 1 is 1.21 bits per heavy atom. The molecular formula is C11H25NOS. The fourth-order valence-corrected chi connectivity index (χ4v) is 1.86. The predicted octanol–water partition coefficient (Wildman–Crippen LogP) is 2.17. The summed E-state index contributed by atoms with van der Waals surface area (Å²) in [6, 6.07) is 0.600. The summed E-state index contributed by atoms with van der Waals surface area (Å²) in [5.74, 6) is 1.62. The second-order valence-corrected chi connectivity index (χ2v) is 6.01. The van der Waals surface area contributed by atoms with E-state index < -0.39 is 10.8 Å². The summed E-state index contributed by atoms with van der Waals surface area (Å²) in [7, 11) is -0.631. The van der Waals surface area contributed by atoms with Gasteiger partial charge in [-0.3, -0.25) is 4.21 Å². The van der Waals surface area contributed by atoms with Crippen LogP contribution in [0, 0.1) is 5.92 Å². The van der Waals surface area contributed by atoms with E-state index in [1.54, 1.807) is 6.26 Å². The molecule has 0 saturated carbocycles. The van der Waals surface area contributed by atoms with Gasteiger partial charge in [-0.25, -0.2) is 0 Å². The van der Waals surface area contributed by atoms with Crippen LogP contribution in [0.15, 0.2) is 0 Å². The third-order valence-corrected chi connectivity index (χ3v) is 3.14. The smallest absolute Gasteiger partial charge is 0.0244 e. The lowest BCUT2D eigenvalue weighted by Gasteiger charge is -2.14. The first-order valence-electron chi connectivity index (χ1n) is 5.55. The summed E-state index contributed by atoms with van der Waals surface area (Å²) in [5.41, 5.74) is 0. The molecule has 0 aliphatic carbocycles. The van der Waals surface area contributed by atoms with E-state index in [2.05, 4.69) is 26.1 Å². The van der Waals surface area contributed by atoms with E-state index in [1.807, 2.05) is 0 Å². The van der Waals surface area contributed by atoms with E-state index in [-0.39, 0.29) is 0 Å². The Hall–Kier alpha value is 0.110. The number of rotatable bonds is 8. The maximum absolute atomic E-state index is 10.8. The number of hydrogen-bond donors (Lipinski definition) is 1. The third-order valence-electron chi connectivity index (χ3n) is 2.28. The summed E-state index contributed by atoms with van der Waals surface area (Å²) >= 11 is 0. The Bertz CT molecular complexity index is 159. The van der Waals surface area contributed by atoms with Crippen LogP contribution in [0.4, 0.5) is 0 Å². The van der Waals surface area contributed by atoms with Gasteiger partial charge in [0.15, 0.2) is 0 Å². The monoisotopic (exact) mass is 219 g/mol. The Morgan fingerprint density at radius 2 is 1.86 bits per heavy atom. The maximum atomic E-state index is 10.8. The van der Waals surface area contributed by atoms with Gasteiger partial charge in [-0.2, -0.15) is 0 Å². The van der Waals surface area contributed by atoms with Crippen molar-refractivity contribution >= 4 is 10.8 Å². The Kier molecular flexibility index (Phi) is 8.49. The molecule has 0 aromatic heterocycles. The molecule has 0 rings (SSSR count). The van der Waals surface area contributed by atoms with Crippen LogP contribution in [-0.2, 0) is 10.8 Å². The lowest BCUT2D eigenvalue weighted by Crippen LogP contribution is -2.28. The zero-order chi connectivity index (χ0) is 11.0. The molecule has 0 radical (unpaired) electrons. The summed E-state index contributed by atoms with van der Waals surface area (Å²) in [5, 5.41) is 3.46. The van der Waals surface area contributed by atoms with Gasteiger partial charge in [0.1, 0.15) is 0 Å². The van der Waals surface area contributed by atoms with E-state index in [0.717, 1.165) is 24.6 Å². The average Bonchev–Trinajstić information content (AvgIpc) is 2.08. The summed E-state index contributed by atoms with van der Waals surface area (Å²) in [4.78, 5) is 0. The van der Waals surface area contributed by atoms with Crippen LogP contribution < -0.4 is 5.32 Å². The van der Waals surface area contributed by atoms with Crippen molar-refractivity contribution in [2.24, 2.45) is 5.92 Å².